The van der Waals surface area contributed by atoms with Gasteiger partial charge in [0.05, 0.1) is 7.11 Å². The van der Waals surface area contributed by atoms with Gasteiger partial charge >= 0.3 is 0 Å². The first-order valence-corrected chi connectivity index (χ1v) is 9.01. The Balaban J connectivity index is 1.93. The average Bonchev–Trinajstić information content (AvgIpc) is 2.54. The van der Waals surface area contributed by atoms with Crippen LogP contribution in [0.15, 0.2) is 18.2 Å². The van der Waals surface area contributed by atoms with E-state index in [0.717, 1.165) is 36.1 Å². The lowest BCUT2D eigenvalue weighted by Gasteiger charge is -2.31. The summed E-state index contributed by atoms with van der Waals surface area (Å²) in [6, 6.07) is 5.87. The van der Waals surface area contributed by atoms with E-state index in [1.54, 1.807) is 7.11 Å². The van der Waals surface area contributed by atoms with Crippen molar-refractivity contribution in [3.63, 3.8) is 0 Å². The van der Waals surface area contributed by atoms with Crippen LogP contribution >= 0.6 is 0 Å². The van der Waals surface area contributed by atoms with Crippen LogP contribution in [0.25, 0.3) is 0 Å². The van der Waals surface area contributed by atoms with Crippen molar-refractivity contribution >= 4 is 0 Å². The van der Waals surface area contributed by atoms with Crippen LogP contribution < -0.4 is 9.47 Å². The maximum absolute atomic E-state index is 10.3. The molecular weight excluding hydrogens is 302 g/mol. The first kappa shape index (κ1) is 19.1. The fraction of sp³-hybridized carbons (Fsp3) is 0.700. The Kier molecular flexibility index (Phi) is 6.53. The highest BCUT2D eigenvalue weighted by molar-refractivity contribution is 5.44. The van der Waals surface area contributed by atoms with Gasteiger partial charge in [0.25, 0.3) is 0 Å². The van der Waals surface area contributed by atoms with Crippen molar-refractivity contribution in [1.82, 2.24) is 4.90 Å². The van der Waals surface area contributed by atoms with E-state index in [-0.39, 0.29) is 5.41 Å². The van der Waals surface area contributed by atoms with Crippen LogP contribution in [0.4, 0.5) is 0 Å². The lowest BCUT2D eigenvalue weighted by atomic mass is 9.86. The summed E-state index contributed by atoms with van der Waals surface area (Å²) in [7, 11) is 1.67. The molecule has 0 radical (unpaired) electrons. The molecule has 1 atom stereocenters. The summed E-state index contributed by atoms with van der Waals surface area (Å²) in [5.74, 6) is 2.47. The molecule has 0 aromatic heterocycles. The number of rotatable bonds is 6. The summed E-state index contributed by atoms with van der Waals surface area (Å²) < 4.78 is 11.3. The second kappa shape index (κ2) is 8.21. The van der Waals surface area contributed by atoms with Crippen molar-refractivity contribution in [3.8, 4) is 11.5 Å². The van der Waals surface area contributed by atoms with Crippen molar-refractivity contribution < 1.29 is 14.6 Å². The first-order valence-electron chi connectivity index (χ1n) is 9.01. The summed E-state index contributed by atoms with van der Waals surface area (Å²) in [4.78, 5) is 2.34. The molecule has 24 heavy (non-hydrogen) atoms. The van der Waals surface area contributed by atoms with Crippen LogP contribution in [0.3, 0.4) is 0 Å². The van der Waals surface area contributed by atoms with Crippen LogP contribution in [0, 0.1) is 5.92 Å². The van der Waals surface area contributed by atoms with E-state index in [1.165, 1.54) is 12.8 Å². The van der Waals surface area contributed by atoms with Gasteiger partial charge in [-0.05, 0) is 55.5 Å². The maximum atomic E-state index is 10.3. The van der Waals surface area contributed by atoms with Crippen molar-refractivity contribution in [2.75, 3.05) is 33.4 Å². The van der Waals surface area contributed by atoms with Gasteiger partial charge in [-0.1, -0.05) is 27.7 Å². The van der Waals surface area contributed by atoms with Crippen LogP contribution in [0.1, 0.15) is 46.1 Å². The fourth-order valence-electron chi connectivity index (χ4n) is 3.13. The van der Waals surface area contributed by atoms with Gasteiger partial charge < -0.3 is 19.5 Å². The molecule has 4 nitrogen and oxygen atoms in total. The Morgan fingerprint density at radius 3 is 2.50 bits per heavy atom. The van der Waals surface area contributed by atoms with Gasteiger partial charge in [0.1, 0.15) is 24.2 Å². The van der Waals surface area contributed by atoms with Gasteiger partial charge in [0.2, 0.25) is 0 Å². The van der Waals surface area contributed by atoms with Gasteiger partial charge in [-0.15, -0.1) is 0 Å². The van der Waals surface area contributed by atoms with Gasteiger partial charge in [-0.25, -0.2) is 0 Å². The number of nitrogens with zero attached hydrogens (tertiary/aromatic N) is 1. The smallest absolute Gasteiger partial charge is 0.123 e. The molecule has 1 N–H and O–H groups in total. The number of aliphatic hydroxyl groups is 1. The predicted molar refractivity (Wildman–Crippen MR) is 98.0 cm³/mol. The molecule has 0 spiro atoms. The highest BCUT2D eigenvalue weighted by Gasteiger charge is 2.22. The number of ether oxygens (including phenoxy) is 2. The predicted octanol–water partition coefficient (Wildman–Crippen LogP) is 3.46. The highest BCUT2D eigenvalue weighted by atomic mass is 16.5. The van der Waals surface area contributed by atoms with Crippen molar-refractivity contribution in [1.29, 1.82) is 0 Å². The second-order valence-corrected chi connectivity index (χ2v) is 8.06. The zero-order valence-corrected chi connectivity index (χ0v) is 15.8. The summed E-state index contributed by atoms with van der Waals surface area (Å²) in [5.41, 5.74) is 1.05. The number of hydrogen-bond acceptors (Lipinski definition) is 4. The van der Waals surface area contributed by atoms with Crippen LogP contribution in [-0.4, -0.2) is 49.5 Å². The molecule has 1 aliphatic rings. The van der Waals surface area contributed by atoms with Gasteiger partial charge in [0, 0.05) is 12.1 Å². The Hall–Kier alpha value is -1.26. The van der Waals surface area contributed by atoms with Crippen LogP contribution in [0.5, 0.6) is 11.5 Å². The molecule has 0 aliphatic carbocycles. The minimum Gasteiger partial charge on any atom is -0.497 e. The minimum absolute atomic E-state index is 0.0438. The Morgan fingerprint density at radius 1 is 1.25 bits per heavy atom. The van der Waals surface area contributed by atoms with Gasteiger partial charge in [-0.2, -0.15) is 0 Å². The third kappa shape index (κ3) is 5.38. The quantitative estimate of drug-likeness (QED) is 0.864. The SMILES string of the molecule is COc1ccc(OC[C@H](O)CN2CCC(C)CC2)c(C(C)(C)C)c1. The number of likely N-dealkylation sites (tertiary alicyclic amines) is 1. The summed E-state index contributed by atoms with van der Waals surface area (Å²) in [5, 5.41) is 10.3. The topological polar surface area (TPSA) is 41.9 Å². The van der Waals surface area contributed by atoms with Gasteiger partial charge in [-0.3, -0.25) is 0 Å². The molecule has 1 heterocycles. The molecule has 0 bridgehead atoms. The molecule has 1 saturated heterocycles. The first-order chi connectivity index (χ1) is 11.3. The van der Waals surface area contributed by atoms with Crippen LogP contribution in [-0.2, 0) is 5.41 Å². The van der Waals surface area contributed by atoms with E-state index in [0.29, 0.717) is 13.2 Å². The lowest BCUT2D eigenvalue weighted by molar-refractivity contribution is 0.0557. The number of β-amino-alcohol motifs (C(OH)–C–C–N with tert-alkyl or cyclic N) is 1. The maximum Gasteiger partial charge on any atom is 0.123 e. The summed E-state index contributed by atoms with van der Waals surface area (Å²) in [6.07, 6.45) is 1.98. The van der Waals surface area contributed by atoms with Gasteiger partial charge in [0.15, 0.2) is 0 Å². The number of piperidine rings is 1. The van der Waals surface area contributed by atoms with E-state index in [1.807, 2.05) is 18.2 Å². The summed E-state index contributed by atoms with van der Waals surface area (Å²) >= 11 is 0. The molecule has 0 amide bonds. The zero-order valence-electron chi connectivity index (χ0n) is 15.8. The number of benzene rings is 1. The van der Waals surface area contributed by atoms with E-state index in [9.17, 15) is 5.11 Å². The zero-order chi connectivity index (χ0) is 17.7. The third-order valence-corrected chi connectivity index (χ3v) is 4.77. The normalized spacial score (nSPS) is 18.4. The molecule has 0 saturated carbocycles. The Bertz CT molecular complexity index is 516. The molecule has 2 rings (SSSR count). The van der Waals surface area contributed by atoms with Crippen molar-refractivity contribution in [3.05, 3.63) is 23.8 Å². The van der Waals surface area contributed by atoms with E-state index in [2.05, 4.69) is 32.6 Å². The molecule has 1 aromatic carbocycles. The highest BCUT2D eigenvalue weighted by Crippen LogP contribution is 2.34. The molecular formula is C20H33NO3. The fourth-order valence-corrected chi connectivity index (χ4v) is 3.13. The number of hydrogen-bond donors (Lipinski definition) is 1. The standard InChI is InChI=1S/C20H33NO3/c1-15-8-10-21(11-9-15)13-16(22)14-24-19-7-6-17(23-5)12-18(19)20(2,3)4/h6-7,12,15-16,22H,8-11,13-14H2,1-5H3/t16-/m1/s1. The lowest BCUT2D eigenvalue weighted by Crippen LogP contribution is -2.40. The van der Waals surface area contributed by atoms with E-state index >= 15 is 0 Å². The van der Waals surface area contributed by atoms with E-state index in [4.69, 9.17) is 9.47 Å². The molecule has 1 fully saturated rings. The molecule has 1 aromatic rings. The molecule has 1 aliphatic heterocycles. The van der Waals surface area contributed by atoms with E-state index < -0.39 is 6.10 Å². The van der Waals surface area contributed by atoms with Crippen LogP contribution in [0.2, 0.25) is 0 Å². The molecule has 136 valence electrons. The monoisotopic (exact) mass is 335 g/mol. The number of methoxy groups -OCH3 is 1. The third-order valence-electron chi connectivity index (χ3n) is 4.77. The average molecular weight is 335 g/mol. The van der Waals surface area contributed by atoms with Crippen molar-refractivity contribution in [2.45, 2.75) is 52.1 Å². The molecule has 4 heteroatoms. The Morgan fingerprint density at radius 2 is 1.92 bits per heavy atom. The molecule has 0 unspecified atom stereocenters. The number of aliphatic hydroxyl groups excluding tert-OH is 1. The largest absolute Gasteiger partial charge is 0.497 e. The van der Waals surface area contributed by atoms with Crippen molar-refractivity contribution in [2.24, 2.45) is 5.92 Å². The Labute approximate surface area is 146 Å². The second-order valence-electron chi connectivity index (χ2n) is 8.06. The minimum atomic E-state index is -0.465. The summed E-state index contributed by atoms with van der Waals surface area (Å²) in [6.45, 7) is 11.9.